The molecule has 4 nitrogen and oxygen atoms in total. The summed E-state index contributed by atoms with van der Waals surface area (Å²) in [4.78, 5) is 10.8. The maximum Gasteiger partial charge on any atom is 0.235 e. The molecule has 0 aliphatic carbocycles. The predicted molar refractivity (Wildman–Crippen MR) is 57.3 cm³/mol. The van der Waals surface area contributed by atoms with Crippen molar-refractivity contribution in [1.29, 1.82) is 0 Å². The summed E-state index contributed by atoms with van der Waals surface area (Å²) < 4.78 is 23.6. The largest absolute Gasteiger partial charge is 0.369 e. The van der Waals surface area contributed by atoms with Crippen molar-refractivity contribution < 1.29 is 13.2 Å². The highest BCUT2D eigenvalue weighted by Gasteiger charge is 2.29. The van der Waals surface area contributed by atoms with Gasteiger partial charge in [0.2, 0.25) is 5.91 Å². The number of sulfone groups is 1. The molecule has 6 heteroatoms. The SMILES string of the molecule is CC(C(N)=O)S(=O)(=O)c1ccccc1Cl. The third-order valence-corrected chi connectivity index (χ3v) is 4.58. The van der Waals surface area contributed by atoms with Crippen LogP contribution in [0.1, 0.15) is 6.92 Å². The van der Waals surface area contributed by atoms with Gasteiger partial charge >= 0.3 is 0 Å². The normalized spacial score (nSPS) is 13.5. The fraction of sp³-hybridized carbons (Fsp3) is 0.222. The van der Waals surface area contributed by atoms with Gasteiger partial charge in [0.05, 0.1) is 9.92 Å². The molecular weight excluding hydrogens is 238 g/mol. The predicted octanol–water partition coefficient (Wildman–Crippen LogP) is 0.987. The molecule has 15 heavy (non-hydrogen) atoms. The summed E-state index contributed by atoms with van der Waals surface area (Å²) >= 11 is 5.73. The summed E-state index contributed by atoms with van der Waals surface area (Å²) in [5.41, 5.74) is 4.95. The molecule has 0 aliphatic heterocycles. The average molecular weight is 248 g/mol. The Hall–Kier alpha value is -1.07. The van der Waals surface area contributed by atoms with Crippen molar-refractivity contribution in [3.05, 3.63) is 29.3 Å². The minimum atomic E-state index is -3.78. The van der Waals surface area contributed by atoms with Gasteiger partial charge in [0.1, 0.15) is 5.25 Å². The average Bonchev–Trinajstić information content (AvgIpc) is 2.16. The lowest BCUT2D eigenvalue weighted by atomic mass is 10.4. The second kappa shape index (κ2) is 4.20. The van der Waals surface area contributed by atoms with Crippen molar-refractivity contribution in [3.8, 4) is 0 Å². The topological polar surface area (TPSA) is 77.2 Å². The molecule has 0 aromatic heterocycles. The van der Waals surface area contributed by atoms with Crippen LogP contribution in [0.4, 0.5) is 0 Å². The summed E-state index contributed by atoms with van der Waals surface area (Å²) in [6, 6.07) is 5.93. The number of carbonyl (C=O) groups excluding carboxylic acids is 1. The minimum absolute atomic E-state index is 0.0713. The van der Waals surface area contributed by atoms with Gasteiger partial charge < -0.3 is 5.73 Å². The van der Waals surface area contributed by atoms with Crippen LogP contribution in [-0.2, 0) is 14.6 Å². The quantitative estimate of drug-likeness (QED) is 0.865. The fourth-order valence-electron chi connectivity index (χ4n) is 1.02. The Bertz CT molecular complexity index is 484. The number of benzene rings is 1. The summed E-state index contributed by atoms with van der Waals surface area (Å²) in [5, 5.41) is -1.19. The number of halogens is 1. The maximum absolute atomic E-state index is 11.8. The van der Waals surface area contributed by atoms with E-state index in [-0.39, 0.29) is 9.92 Å². The maximum atomic E-state index is 11.8. The van der Waals surface area contributed by atoms with E-state index in [2.05, 4.69) is 0 Å². The molecule has 82 valence electrons. The number of hydrogen-bond donors (Lipinski definition) is 1. The van der Waals surface area contributed by atoms with E-state index in [4.69, 9.17) is 17.3 Å². The molecule has 0 heterocycles. The Morgan fingerprint density at radius 2 is 1.93 bits per heavy atom. The van der Waals surface area contributed by atoms with E-state index in [0.717, 1.165) is 0 Å². The van der Waals surface area contributed by atoms with Gasteiger partial charge in [0.15, 0.2) is 9.84 Å². The first-order chi connectivity index (χ1) is 6.87. The first-order valence-corrected chi connectivity index (χ1v) is 6.07. The molecule has 0 aliphatic rings. The van der Waals surface area contributed by atoms with Crippen molar-refractivity contribution >= 4 is 27.3 Å². The first-order valence-electron chi connectivity index (χ1n) is 4.15. The highest BCUT2D eigenvalue weighted by Crippen LogP contribution is 2.24. The molecule has 0 bridgehead atoms. The lowest BCUT2D eigenvalue weighted by molar-refractivity contribution is -0.117. The lowest BCUT2D eigenvalue weighted by Crippen LogP contribution is -2.33. The van der Waals surface area contributed by atoms with Gasteiger partial charge in [-0.2, -0.15) is 0 Å². The van der Waals surface area contributed by atoms with E-state index >= 15 is 0 Å². The van der Waals surface area contributed by atoms with Gasteiger partial charge in [0, 0.05) is 0 Å². The van der Waals surface area contributed by atoms with Crippen molar-refractivity contribution in [1.82, 2.24) is 0 Å². The van der Waals surface area contributed by atoms with E-state index in [1.807, 2.05) is 0 Å². The molecule has 0 saturated carbocycles. The van der Waals surface area contributed by atoms with E-state index in [0.29, 0.717) is 0 Å². The van der Waals surface area contributed by atoms with Crippen LogP contribution >= 0.6 is 11.6 Å². The third-order valence-electron chi connectivity index (χ3n) is 2.01. The van der Waals surface area contributed by atoms with E-state index in [1.54, 1.807) is 6.07 Å². The summed E-state index contributed by atoms with van der Waals surface area (Å²) in [6.45, 7) is 1.24. The molecule has 1 aromatic rings. The molecular formula is C9H10ClNO3S. The zero-order valence-electron chi connectivity index (χ0n) is 7.98. The van der Waals surface area contributed by atoms with Crippen LogP contribution < -0.4 is 5.73 Å². The van der Waals surface area contributed by atoms with E-state index < -0.39 is 21.0 Å². The van der Waals surface area contributed by atoms with Gasteiger partial charge in [-0.1, -0.05) is 23.7 Å². The summed E-state index contributed by atoms with van der Waals surface area (Å²) in [7, 11) is -3.78. The van der Waals surface area contributed by atoms with Crippen LogP contribution in [-0.4, -0.2) is 19.6 Å². The standard InChI is InChI=1S/C9H10ClNO3S/c1-6(9(11)12)15(13,14)8-5-3-2-4-7(8)10/h2-6H,1H3,(H2,11,12). The number of nitrogens with two attached hydrogens (primary N) is 1. The van der Waals surface area contributed by atoms with E-state index in [9.17, 15) is 13.2 Å². The molecule has 1 amide bonds. The van der Waals surface area contributed by atoms with Crippen LogP contribution in [0.2, 0.25) is 5.02 Å². The van der Waals surface area contributed by atoms with Crippen LogP contribution in [0.3, 0.4) is 0 Å². The number of primary amides is 1. The molecule has 1 atom stereocenters. The third kappa shape index (κ3) is 2.30. The monoisotopic (exact) mass is 247 g/mol. The second-order valence-electron chi connectivity index (χ2n) is 3.02. The van der Waals surface area contributed by atoms with Crippen LogP contribution in [0.5, 0.6) is 0 Å². The number of hydrogen-bond acceptors (Lipinski definition) is 3. The summed E-state index contributed by atoms with van der Waals surface area (Å²) in [6.07, 6.45) is 0. The van der Waals surface area contributed by atoms with Crippen LogP contribution in [0, 0.1) is 0 Å². The van der Waals surface area contributed by atoms with Gasteiger partial charge in [-0.25, -0.2) is 8.42 Å². The Kier molecular flexibility index (Phi) is 3.36. The van der Waals surface area contributed by atoms with Gasteiger partial charge in [0.25, 0.3) is 0 Å². The molecule has 1 aromatic carbocycles. The number of amides is 1. The van der Waals surface area contributed by atoms with Crippen LogP contribution in [0.15, 0.2) is 29.2 Å². The first kappa shape index (κ1) is 12.0. The molecule has 1 unspecified atom stereocenters. The Labute approximate surface area is 93.0 Å². The Morgan fingerprint density at radius 3 is 2.40 bits per heavy atom. The van der Waals surface area contributed by atoms with Gasteiger partial charge in [-0.3, -0.25) is 4.79 Å². The van der Waals surface area contributed by atoms with Crippen molar-refractivity contribution in [2.24, 2.45) is 5.73 Å². The molecule has 1 rings (SSSR count). The number of carbonyl (C=O) groups is 1. The minimum Gasteiger partial charge on any atom is -0.369 e. The molecule has 0 radical (unpaired) electrons. The summed E-state index contributed by atoms with van der Waals surface area (Å²) in [5.74, 6) is -0.894. The van der Waals surface area contributed by atoms with Gasteiger partial charge in [-0.15, -0.1) is 0 Å². The van der Waals surface area contributed by atoms with Crippen molar-refractivity contribution in [2.45, 2.75) is 17.1 Å². The highest BCUT2D eigenvalue weighted by atomic mass is 35.5. The second-order valence-corrected chi connectivity index (χ2v) is 5.66. The Balaban J connectivity index is 3.30. The smallest absolute Gasteiger partial charge is 0.235 e. The zero-order valence-corrected chi connectivity index (χ0v) is 9.55. The molecule has 0 saturated heterocycles. The van der Waals surface area contributed by atoms with Crippen molar-refractivity contribution in [2.75, 3.05) is 0 Å². The molecule has 0 fully saturated rings. The molecule has 2 N–H and O–H groups in total. The zero-order chi connectivity index (χ0) is 11.6. The lowest BCUT2D eigenvalue weighted by Gasteiger charge is -2.10. The fourth-order valence-corrected chi connectivity index (χ4v) is 2.77. The van der Waals surface area contributed by atoms with E-state index in [1.165, 1.54) is 25.1 Å². The molecule has 0 spiro atoms. The highest BCUT2D eigenvalue weighted by molar-refractivity contribution is 7.92. The van der Waals surface area contributed by atoms with Crippen molar-refractivity contribution in [3.63, 3.8) is 0 Å². The van der Waals surface area contributed by atoms with Crippen LogP contribution in [0.25, 0.3) is 0 Å². The van der Waals surface area contributed by atoms with Gasteiger partial charge in [-0.05, 0) is 19.1 Å². The Morgan fingerprint density at radius 1 is 1.40 bits per heavy atom. The number of rotatable bonds is 3.